The summed E-state index contributed by atoms with van der Waals surface area (Å²) in [5, 5.41) is 13.5. The predicted molar refractivity (Wildman–Crippen MR) is 138 cm³/mol. The zero-order valence-electron chi connectivity index (χ0n) is 21.7. The molecule has 0 spiro atoms. The number of β-amino-alcohol motifs (C(OH)–C–C–N with tert-alkyl or cyclic N) is 1. The third kappa shape index (κ3) is 5.02. The smallest absolute Gasteiger partial charge is 0.255 e. The summed E-state index contributed by atoms with van der Waals surface area (Å²) in [5.41, 5.74) is 2.78. The number of fused-ring (bicyclic) bond motifs is 1. The van der Waals surface area contributed by atoms with Crippen molar-refractivity contribution in [2.24, 2.45) is 5.92 Å². The first kappa shape index (κ1) is 25.9. The van der Waals surface area contributed by atoms with E-state index in [1.54, 1.807) is 18.7 Å². The number of nitrogens with one attached hydrogen (secondary N) is 2. The molecule has 0 bridgehead atoms. The molecule has 3 heterocycles. The lowest BCUT2D eigenvalue weighted by atomic mass is 10.0. The van der Waals surface area contributed by atoms with E-state index < -0.39 is 18.0 Å². The number of hydrogen-bond donors (Lipinski definition) is 3. The van der Waals surface area contributed by atoms with E-state index in [0.717, 1.165) is 12.8 Å². The first-order valence-corrected chi connectivity index (χ1v) is 12.9. The van der Waals surface area contributed by atoms with Crippen LogP contribution in [0.25, 0.3) is 22.3 Å². The van der Waals surface area contributed by atoms with Crippen molar-refractivity contribution in [1.82, 2.24) is 25.2 Å². The van der Waals surface area contributed by atoms with Crippen molar-refractivity contribution in [2.75, 3.05) is 26.8 Å². The number of aryl methyl sites for hydroxylation is 1. The van der Waals surface area contributed by atoms with Gasteiger partial charge in [0.2, 0.25) is 5.91 Å². The standard InChI is InChI=1S/C27H32FN5O5/c1-4-22(35)33-8-7-18(19(34)11-33)32-27(36)23-14(2)31-26-24(29-13-30-25(23)26)16-9-21(37-3)17(28)10-20(16)38-12-15-5-6-15/h9-10,13,15,18-19,31,34H,4-8,11-12H2,1-3H3,(H,32,36)/t18-,19-/m1/s1. The van der Waals surface area contributed by atoms with Crippen LogP contribution >= 0.6 is 0 Å². The number of carbonyl (C=O) groups excluding carboxylic acids is 2. The molecule has 10 nitrogen and oxygen atoms in total. The van der Waals surface area contributed by atoms with E-state index in [1.165, 1.54) is 25.6 Å². The third-order valence-electron chi connectivity index (χ3n) is 7.23. The maximum absolute atomic E-state index is 14.6. The van der Waals surface area contributed by atoms with Gasteiger partial charge in [-0.25, -0.2) is 14.4 Å². The number of halogens is 1. The minimum Gasteiger partial charge on any atom is -0.494 e. The Morgan fingerprint density at radius 1 is 1.24 bits per heavy atom. The Morgan fingerprint density at radius 3 is 2.71 bits per heavy atom. The molecule has 1 saturated carbocycles. The molecule has 2 aromatic heterocycles. The van der Waals surface area contributed by atoms with Crippen LogP contribution in [0.1, 0.15) is 48.7 Å². The fourth-order valence-corrected chi connectivity index (χ4v) is 4.88. The number of aliphatic hydroxyl groups is 1. The predicted octanol–water partition coefficient (Wildman–Crippen LogP) is 2.97. The molecule has 1 aromatic carbocycles. The minimum atomic E-state index is -0.878. The van der Waals surface area contributed by atoms with Gasteiger partial charge in [0.05, 0.1) is 36.9 Å². The topological polar surface area (TPSA) is 130 Å². The quantitative estimate of drug-likeness (QED) is 0.412. The van der Waals surface area contributed by atoms with Gasteiger partial charge in [0, 0.05) is 36.8 Å². The number of aliphatic hydroxyl groups excluding tert-OH is 1. The molecule has 38 heavy (non-hydrogen) atoms. The number of ether oxygens (including phenoxy) is 2. The number of piperidine rings is 1. The molecule has 1 aliphatic heterocycles. The number of H-pyrrole nitrogens is 1. The maximum Gasteiger partial charge on any atom is 0.255 e. The second-order valence-corrected chi connectivity index (χ2v) is 9.94. The molecule has 2 amide bonds. The van der Waals surface area contributed by atoms with Crippen molar-refractivity contribution in [3.8, 4) is 22.8 Å². The number of likely N-dealkylation sites (tertiary alicyclic amines) is 1. The molecule has 0 unspecified atom stereocenters. The highest BCUT2D eigenvalue weighted by molar-refractivity contribution is 6.09. The van der Waals surface area contributed by atoms with E-state index in [9.17, 15) is 19.1 Å². The van der Waals surface area contributed by atoms with Crippen molar-refractivity contribution < 1.29 is 28.6 Å². The van der Waals surface area contributed by atoms with E-state index in [2.05, 4.69) is 20.3 Å². The molecule has 1 saturated heterocycles. The molecule has 2 aliphatic rings. The summed E-state index contributed by atoms with van der Waals surface area (Å²) in [7, 11) is 1.39. The SMILES string of the molecule is CCC(=O)N1CC[C@@H](NC(=O)c2c(C)[nH]c3c(-c4cc(OC)c(F)cc4OCC4CC4)ncnc23)[C@H](O)C1. The van der Waals surface area contributed by atoms with Gasteiger partial charge in [0.15, 0.2) is 11.6 Å². The van der Waals surface area contributed by atoms with E-state index >= 15 is 0 Å². The molecule has 5 rings (SSSR count). The number of hydrogen-bond acceptors (Lipinski definition) is 7. The number of methoxy groups -OCH3 is 1. The summed E-state index contributed by atoms with van der Waals surface area (Å²) < 4.78 is 25.8. The molecule has 0 radical (unpaired) electrons. The molecular formula is C27H32FN5O5. The summed E-state index contributed by atoms with van der Waals surface area (Å²) in [6.45, 7) is 4.66. The lowest BCUT2D eigenvalue weighted by molar-refractivity contribution is -0.134. The monoisotopic (exact) mass is 525 g/mol. The maximum atomic E-state index is 14.6. The average molecular weight is 526 g/mol. The third-order valence-corrected chi connectivity index (χ3v) is 7.23. The van der Waals surface area contributed by atoms with Crippen molar-refractivity contribution >= 4 is 22.8 Å². The molecule has 11 heteroatoms. The number of aromatic nitrogens is 3. The number of nitrogens with zero attached hydrogens (tertiary/aromatic N) is 3. The largest absolute Gasteiger partial charge is 0.494 e. The number of amides is 2. The van der Waals surface area contributed by atoms with E-state index in [0.29, 0.717) is 71.2 Å². The molecule has 1 aliphatic carbocycles. The van der Waals surface area contributed by atoms with Crippen LogP contribution in [-0.4, -0.2) is 75.7 Å². The van der Waals surface area contributed by atoms with Gasteiger partial charge in [-0.15, -0.1) is 0 Å². The molecule has 3 aromatic rings. The fourth-order valence-electron chi connectivity index (χ4n) is 4.88. The lowest BCUT2D eigenvalue weighted by Crippen LogP contribution is -2.55. The van der Waals surface area contributed by atoms with Crippen molar-refractivity contribution in [3.05, 3.63) is 35.5 Å². The van der Waals surface area contributed by atoms with Gasteiger partial charge >= 0.3 is 0 Å². The van der Waals surface area contributed by atoms with E-state index in [-0.39, 0.29) is 24.1 Å². The van der Waals surface area contributed by atoms with Gasteiger partial charge in [-0.05, 0) is 38.2 Å². The molecular weight excluding hydrogens is 493 g/mol. The van der Waals surface area contributed by atoms with Gasteiger partial charge < -0.3 is 29.8 Å². The Morgan fingerprint density at radius 2 is 2.03 bits per heavy atom. The molecule has 3 N–H and O–H groups in total. The van der Waals surface area contributed by atoms with Crippen LogP contribution in [0.2, 0.25) is 0 Å². The average Bonchev–Trinajstić information content (AvgIpc) is 3.67. The highest BCUT2D eigenvalue weighted by atomic mass is 19.1. The highest BCUT2D eigenvalue weighted by Crippen LogP contribution is 2.39. The van der Waals surface area contributed by atoms with E-state index in [1.807, 2.05) is 0 Å². The van der Waals surface area contributed by atoms with Crippen LogP contribution in [0.5, 0.6) is 11.5 Å². The molecule has 202 valence electrons. The number of benzene rings is 1. The first-order valence-electron chi connectivity index (χ1n) is 12.9. The van der Waals surface area contributed by atoms with E-state index in [4.69, 9.17) is 9.47 Å². The second kappa shape index (κ2) is 10.6. The van der Waals surface area contributed by atoms with Gasteiger partial charge in [-0.3, -0.25) is 9.59 Å². The van der Waals surface area contributed by atoms with Crippen molar-refractivity contribution in [3.63, 3.8) is 0 Å². The number of rotatable bonds is 8. The van der Waals surface area contributed by atoms with Crippen LogP contribution in [-0.2, 0) is 4.79 Å². The fraction of sp³-hybridized carbons (Fsp3) is 0.481. The summed E-state index contributed by atoms with van der Waals surface area (Å²) in [4.78, 5) is 39.1. The van der Waals surface area contributed by atoms with Gasteiger partial charge in [-0.1, -0.05) is 6.92 Å². The Labute approximate surface area is 219 Å². The summed E-state index contributed by atoms with van der Waals surface area (Å²) in [6.07, 6.45) is 3.46. The molecule has 2 fully saturated rings. The normalized spacial score (nSPS) is 19.4. The van der Waals surface area contributed by atoms with Crippen LogP contribution in [0.3, 0.4) is 0 Å². The number of aromatic amines is 1. The second-order valence-electron chi connectivity index (χ2n) is 9.94. The number of carbonyl (C=O) groups is 2. The highest BCUT2D eigenvalue weighted by Gasteiger charge is 2.32. The minimum absolute atomic E-state index is 0.0246. The van der Waals surface area contributed by atoms with Crippen LogP contribution in [0, 0.1) is 18.7 Å². The Hall–Kier alpha value is -3.73. The lowest BCUT2D eigenvalue weighted by Gasteiger charge is -2.36. The van der Waals surface area contributed by atoms with Crippen LogP contribution in [0.15, 0.2) is 18.5 Å². The van der Waals surface area contributed by atoms with Crippen LogP contribution < -0.4 is 14.8 Å². The molecule has 2 atom stereocenters. The van der Waals surface area contributed by atoms with Crippen molar-refractivity contribution in [1.29, 1.82) is 0 Å². The summed E-state index contributed by atoms with van der Waals surface area (Å²) in [5.74, 6) is -0.106. The first-order chi connectivity index (χ1) is 18.3. The zero-order chi connectivity index (χ0) is 27.0. The van der Waals surface area contributed by atoms with Gasteiger partial charge in [-0.2, -0.15) is 0 Å². The zero-order valence-corrected chi connectivity index (χ0v) is 21.7. The van der Waals surface area contributed by atoms with Crippen LogP contribution in [0.4, 0.5) is 4.39 Å². The summed E-state index contributed by atoms with van der Waals surface area (Å²) in [6, 6.07) is 2.33. The Bertz CT molecular complexity index is 1370. The Kier molecular flexibility index (Phi) is 7.20. The Balaban J connectivity index is 1.46. The summed E-state index contributed by atoms with van der Waals surface area (Å²) >= 11 is 0. The van der Waals surface area contributed by atoms with Gasteiger partial charge in [0.25, 0.3) is 5.91 Å². The van der Waals surface area contributed by atoms with Gasteiger partial charge in [0.1, 0.15) is 23.3 Å². The van der Waals surface area contributed by atoms with Crippen molar-refractivity contribution in [2.45, 2.75) is 51.7 Å².